The number of benzene rings is 1. The largest absolute Gasteiger partial charge is 0.480 e. The fourth-order valence-corrected chi connectivity index (χ4v) is 3.33. The van der Waals surface area contributed by atoms with E-state index in [1.54, 1.807) is 20.8 Å². The number of carbonyl (C=O) groups excluding carboxylic acids is 2. The Balaban J connectivity index is 2.10. The number of rotatable bonds is 7. The zero-order valence-electron chi connectivity index (χ0n) is 18.1. The molecule has 1 saturated heterocycles. The van der Waals surface area contributed by atoms with Gasteiger partial charge in [-0.1, -0.05) is 37.3 Å². The maximum atomic E-state index is 13.2. The third-order valence-electron chi connectivity index (χ3n) is 4.82. The van der Waals surface area contributed by atoms with E-state index in [-0.39, 0.29) is 19.1 Å². The van der Waals surface area contributed by atoms with Gasteiger partial charge in [-0.15, -0.1) is 0 Å². The van der Waals surface area contributed by atoms with E-state index in [2.05, 4.69) is 5.32 Å². The minimum absolute atomic E-state index is 0.0919. The summed E-state index contributed by atoms with van der Waals surface area (Å²) >= 11 is 0. The molecule has 0 aromatic heterocycles. The summed E-state index contributed by atoms with van der Waals surface area (Å²) in [6, 6.07) is 7.48. The van der Waals surface area contributed by atoms with E-state index in [1.807, 2.05) is 37.3 Å². The highest BCUT2D eigenvalue weighted by Crippen LogP contribution is 2.23. The number of amides is 2. The summed E-state index contributed by atoms with van der Waals surface area (Å²) in [4.78, 5) is 38.5. The molecule has 0 aliphatic carbocycles. The molecule has 0 bridgehead atoms. The summed E-state index contributed by atoms with van der Waals surface area (Å²) < 4.78 is 10.9. The first-order valence-corrected chi connectivity index (χ1v) is 10.2. The number of ether oxygens (including phenoxy) is 2. The van der Waals surface area contributed by atoms with Gasteiger partial charge in [0.2, 0.25) is 5.91 Å². The summed E-state index contributed by atoms with van der Waals surface area (Å²) in [5.74, 6) is -1.31. The molecule has 1 aliphatic heterocycles. The van der Waals surface area contributed by atoms with Gasteiger partial charge in [-0.2, -0.15) is 0 Å². The van der Waals surface area contributed by atoms with Gasteiger partial charge in [0.15, 0.2) is 0 Å². The van der Waals surface area contributed by atoms with Crippen molar-refractivity contribution in [1.29, 1.82) is 0 Å². The summed E-state index contributed by atoms with van der Waals surface area (Å²) in [5, 5.41) is 12.1. The highest BCUT2D eigenvalue weighted by molar-refractivity contribution is 5.89. The van der Waals surface area contributed by atoms with E-state index in [9.17, 15) is 19.5 Å². The van der Waals surface area contributed by atoms with Crippen LogP contribution in [0.15, 0.2) is 30.3 Å². The summed E-state index contributed by atoms with van der Waals surface area (Å²) in [7, 11) is 0. The van der Waals surface area contributed by atoms with Crippen molar-refractivity contribution in [2.45, 2.75) is 64.8 Å². The molecule has 2 rings (SSSR count). The average Bonchev–Trinajstić information content (AvgIpc) is 2.66. The highest BCUT2D eigenvalue weighted by Gasteiger charge is 2.38. The molecule has 1 aromatic rings. The number of likely N-dealkylation sites (tertiary alicyclic amines) is 1. The van der Waals surface area contributed by atoms with Crippen molar-refractivity contribution in [2.75, 3.05) is 13.2 Å². The van der Waals surface area contributed by atoms with Crippen LogP contribution >= 0.6 is 0 Å². The number of aliphatic carboxylic acids is 1. The second-order valence-electron chi connectivity index (χ2n) is 8.71. The molecule has 1 aliphatic rings. The van der Waals surface area contributed by atoms with Crippen LogP contribution in [0.25, 0.3) is 0 Å². The lowest BCUT2D eigenvalue weighted by atomic mass is 9.92. The van der Waals surface area contributed by atoms with Crippen LogP contribution in [0.3, 0.4) is 0 Å². The fraction of sp³-hybridized carbons (Fsp3) is 0.591. The molecular weight excluding hydrogens is 388 g/mol. The second kappa shape index (κ2) is 10.4. The van der Waals surface area contributed by atoms with Crippen molar-refractivity contribution in [2.24, 2.45) is 5.92 Å². The van der Waals surface area contributed by atoms with Crippen LogP contribution in [0.4, 0.5) is 4.79 Å². The SMILES string of the molecule is C[C@@H]1CCN(C(=O)[C@H](COCc2ccccc2)NC(=O)OC(C)(C)C)[C@@H](C(=O)O)C1. The van der Waals surface area contributed by atoms with E-state index in [4.69, 9.17) is 9.47 Å². The van der Waals surface area contributed by atoms with Crippen LogP contribution in [0.2, 0.25) is 0 Å². The monoisotopic (exact) mass is 420 g/mol. The smallest absolute Gasteiger partial charge is 0.408 e. The number of alkyl carbamates (subject to hydrolysis) is 1. The van der Waals surface area contributed by atoms with Crippen molar-refractivity contribution >= 4 is 18.0 Å². The molecule has 1 heterocycles. The van der Waals surface area contributed by atoms with Gasteiger partial charge in [-0.05, 0) is 45.1 Å². The van der Waals surface area contributed by atoms with Gasteiger partial charge in [0.25, 0.3) is 0 Å². The Kier molecular flexibility index (Phi) is 8.23. The Bertz CT molecular complexity index is 731. The molecular formula is C22H32N2O6. The van der Waals surface area contributed by atoms with Crippen molar-refractivity contribution in [3.8, 4) is 0 Å². The topological polar surface area (TPSA) is 105 Å². The van der Waals surface area contributed by atoms with Gasteiger partial charge in [-0.3, -0.25) is 4.79 Å². The van der Waals surface area contributed by atoms with Crippen LogP contribution in [-0.2, 0) is 25.7 Å². The number of nitrogens with one attached hydrogen (secondary N) is 1. The standard InChI is InChI=1S/C22H32N2O6/c1-15-10-11-24(18(12-15)20(26)27)19(25)17(23-21(28)30-22(2,3)4)14-29-13-16-8-6-5-7-9-16/h5-9,15,17-18H,10-14H2,1-4H3,(H,23,28)(H,26,27)/t15-,17+,18-/m1/s1. The number of carbonyl (C=O) groups is 3. The molecule has 166 valence electrons. The first kappa shape index (κ1) is 23.7. The average molecular weight is 421 g/mol. The number of carboxylic acids is 1. The van der Waals surface area contributed by atoms with Gasteiger partial charge in [0.1, 0.15) is 17.7 Å². The third-order valence-corrected chi connectivity index (χ3v) is 4.82. The summed E-state index contributed by atoms with van der Waals surface area (Å²) in [5.41, 5.74) is 0.198. The molecule has 1 fully saturated rings. The van der Waals surface area contributed by atoms with Crippen molar-refractivity contribution in [3.05, 3.63) is 35.9 Å². The number of piperidine rings is 1. The quantitative estimate of drug-likeness (QED) is 0.703. The number of hydrogen-bond acceptors (Lipinski definition) is 5. The zero-order chi connectivity index (χ0) is 22.3. The minimum atomic E-state index is -1.05. The first-order valence-electron chi connectivity index (χ1n) is 10.2. The van der Waals surface area contributed by atoms with Crippen LogP contribution in [-0.4, -0.2) is 58.8 Å². The molecule has 0 unspecified atom stereocenters. The highest BCUT2D eigenvalue weighted by atomic mass is 16.6. The van der Waals surface area contributed by atoms with Gasteiger partial charge in [-0.25, -0.2) is 9.59 Å². The maximum Gasteiger partial charge on any atom is 0.408 e. The Morgan fingerprint density at radius 3 is 2.50 bits per heavy atom. The summed E-state index contributed by atoms with van der Waals surface area (Å²) in [6.45, 7) is 7.63. The molecule has 3 atom stereocenters. The van der Waals surface area contributed by atoms with Crippen LogP contribution < -0.4 is 5.32 Å². The van der Waals surface area contributed by atoms with Crippen molar-refractivity contribution in [3.63, 3.8) is 0 Å². The molecule has 0 radical (unpaired) electrons. The van der Waals surface area contributed by atoms with Crippen LogP contribution in [0.5, 0.6) is 0 Å². The van der Waals surface area contributed by atoms with E-state index < -0.39 is 35.7 Å². The molecule has 8 heteroatoms. The molecule has 0 spiro atoms. The Morgan fingerprint density at radius 2 is 1.90 bits per heavy atom. The van der Waals surface area contributed by atoms with Crippen LogP contribution in [0, 0.1) is 5.92 Å². The van der Waals surface area contributed by atoms with E-state index in [0.717, 1.165) is 5.56 Å². The number of carboxylic acid groups (broad SMARTS) is 1. The van der Waals surface area contributed by atoms with E-state index in [1.165, 1.54) is 4.90 Å². The molecule has 1 aromatic carbocycles. The number of hydrogen-bond donors (Lipinski definition) is 2. The predicted molar refractivity (Wildman–Crippen MR) is 111 cm³/mol. The maximum absolute atomic E-state index is 13.2. The lowest BCUT2D eigenvalue weighted by molar-refractivity contribution is -0.154. The van der Waals surface area contributed by atoms with E-state index >= 15 is 0 Å². The lowest BCUT2D eigenvalue weighted by Gasteiger charge is -2.38. The molecule has 2 N–H and O–H groups in total. The van der Waals surface area contributed by atoms with Crippen molar-refractivity contribution in [1.82, 2.24) is 10.2 Å². The van der Waals surface area contributed by atoms with Gasteiger partial charge < -0.3 is 24.8 Å². The zero-order valence-corrected chi connectivity index (χ0v) is 18.1. The Hall–Kier alpha value is -2.61. The molecule has 30 heavy (non-hydrogen) atoms. The number of nitrogens with zero attached hydrogens (tertiary/aromatic N) is 1. The second-order valence-corrected chi connectivity index (χ2v) is 8.71. The Morgan fingerprint density at radius 1 is 1.23 bits per heavy atom. The first-order chi connectivity index (χ1) is 14.1. The lowest BCUT2D eigenvalue weighted by Crippen LogP contribution is -2.58. The predicted octanol–water partition coefficient (Wildman–Crippen LogP) is 2.81. The van der Waals surface area contributed by atoms with Gasteiger partial charge in [0, 0.05) is 6.54 Å². The molecule has 0 saturated carbocycles. The van der Waals surface area contributed by atoms with Gasteiger partial charge in [0.05, 0.1) is 13.2 Å². The Labute approximate surface area is 177 Å². The molecule has 8 nitrogen and oxygen atoms in total. The minimum Gasteiger partial charge on any atom is -0.480 e. The normalized spacial score (nSPS) is 20.3. The summed E-state index contributed by atoms with van der Waals surface area (Å²) in [6.07, 6.45) is 0.339. The third kappa shape index (κ3) is 7.33. The van der Waals surface area contributed by atoms with Gasteiger partial charge >= 0.3 is 12.1 Å². The van der Waals surface area contributed by atoms with Crippen molar-refractivity contribution < 1.29 is 29.0 Å². The fourth-order valence-electron chi connectivity index (χ4n) is 3.33. The van der Waals surface area contributed by atoms with Crippen LogP contribution in [0.1, 0.15) is 46.1 Å². The van der Waals surface area contributed by atoms with E-state index in [0.29, 0.717) is 19.4 Å². The molecule has 2 amide bonds.